The first kappa shape index (κ1) is 42.7. The minimum Gasteiger partial charge on any atom is -0.457 e. The zero-order valence-electron chi connectivity index (χ0n) is 35.4. The topological polar surface area (TPSA) is 70.5 Å². The van der Waals surface area contributed by atoms with Crippen molar-refractivity contribution < 1.29 is 9.47 Å². The lowest BCUT2D eigenvalue weighted by atomic mass is 9.62. The van der Waals surface area contributed by atoms with Gasteiger partial charge in [-0.2, -0.15) is 0 Å². The minimum atomic E-state index is -0.0262. The first-order chi connectivity index (χ1) is 28.0. The fourth-order valence-corrected chi connectivity index (χ4v) is 9.96. The predicted molar refractivity (Wildman–Crippen MR) is 242 cm³/mol. The molecular weight excluding hydrogens is 697 g/mol. The highest BCUT2D eigenvalue weighted by atomic mass is 16.5. The highest BCUT2D eigenvalue weighted by molar-refractivity contribution is 5.47. The summed E-state index contributed by atoms with van der Waals surface area (Å²) in [6.45, 7) is 2.31. The van der Waals surface area contributed by atoms with Crippen LogP contribution in [0.2, 0.25) is 0 Å². The number of nitrogen functional groups attached to an aromatic ring is 2. The second kappa shape index (κ2) is 22.9. The van der Waals surface area contributed by atoms with Crippen LogP contribution in [0.3, 0.4) is 0 Å². The maximum absolute atomic E-state index is 6.18. The second-order valence-corrected chi connectivity index (χ2v) is 17.9. The SMILES string of the molecule is CCCCCCCCCCCCCCCC1CCC(CCC2CCC(c3ccc(Oc4ccc(N)cc4)cc3)(c3ccc(Oc4ccc(N)cc4)cc3)CC2)CC1. The standard InChI is InChI=1S/C53H74N2O2/c1-2-3-4-5-6-7-8-9-10-11-12-13-14-15-42-16-18-43(19-17-42)20-21-44-38-40-53(41-39-44,45-22-30-49(31-23-45)56-51-34-26-47(54)27-35-51)46-24-32-50(33-25-46)57-52-36-28-48(55)29-37-52/h22-37,42-44H,2-21,38-41,54-55H2,1H3. The van der Waals surface area contributed by atoms with Crippen molar-refractivity contribution in [1.29, 1.82) is 0 Å². The van der Waals surface area contributed by atoms with Crippen molar-refractivity contribution >= 4 is 11.4 Å². The van der Waals surface area contributed by atoms with E-state index in [-0.39, 0.29) is 5.41 Å². The van der Waals surface area contributed by atoms with E-state index in [0.717, 1.165) is 52.1 Å². The summed E-state index contributed by atoms with van der Waals surface area (Å²) >= 11 is 0. The van der Waals surface area contributed by atoms with E-state index in [4.69, 9.17) is 20.9 Å². The summed E-state index contributed by atoms with van der Waals surface area (Å²) in [5, 5.41) is 0. The van der Waals surface area contributed by atoms with Gasteiger partial charge in [0.25, 0.3) is 0 Å². The molecule has 0 amide bonds. The monoisotopic (exact) mass is 771 g/mol. The molecule has 0 heterocycles. The molecule has 6 rings (SSSR count). The zero-order chi connectivity index (χ0) is 39.5. The molecule has 308 valence electrons. The molecule has 0 radical (unpaired) electrons. The van der Waals surface area contributed by atoms with Crippen LogP contribution < -0.4 is 20.9 Å². The molecule has 57 heavy (non-hydrogen) atoms. The smallest absolute Gasteiger partial charge is 0.127 e. The summed E-state index contributed by atoms with van der Waals surface area (Å²) in [6.07, 6.45) is 33.9. The molecule has 0 aliphatic heterocycles. The van der Waals surface area contributed by atoms with Gasteiger partial charge in [-0.1, -0.05) is 160 Å². The number of unbranched alkanes of at least 4 members (excludes halogenated alkanes) is 12. The van der Waals surface area contributed by atoms with E-state index in [0.29, 0.717) is 0 Å². The van der Waals surface area contributed by atoms with Gasteiger partial charge >= 0.3 is 0 Å². The Morgan fingerprint density at radius 1 is 0.404 bits per heavy atom. The summed E-state index contributed by atoms with van der Waals surface area (Å²) < 4.78 is 12.4. The number of ether oxygens (including phenoxy) is 2. The minimum absolute atomic E-state index is 0.0262. The molecule has 0 unspecified atom stereocenters. The van der Waals surface area contributed by atoms with E-state index < -0.39 is 0 Å². The first-order valence-corrected chi connectivity index (χ1v) is 23.3. The van der Waals surface area contributed by atoms with Crippen LogP contribution >= 0.6 is 0 Å². The number of hydrogen-bond acceptors (Lipinski definition) is 4. The molecule has 2 saturated carbocycles. The molecule has 0 atom stereocenters. The molecule has 0 spiro atoms. The van der Waals surface area contributed by atoms with Gasteiger partial charge in [-0.3, -0.25) is 0 Å². The number of benzene rings is 4. The third-order valence-corrected chi connectivity index (χ3v) is 13.7. The van der Waals surface area contributed by atoms with E-state index in [2.05, 4.69) is 55.5 Å². The molecule has 4 nitrogen and oxygen atoms in total. The highest BCUT2D eigenvalue weighted by Gasteiger charge is 2.38. The second-order valence-electron chi connectivity index (χ2n) is 17.9. The Morgan fingerprint density at radius 3 is 1.11 bits per heavy atom. The average Bonchev–Trinajstić information content (AvgIpc) is 3.24. The molecule has 4 N–H and O–H groups in total. The fourth-order valence-electron chi connectivity index (χ4n) is 9.96. The molecule has 2 aliphatic rings. The molecule has 0 saturated heterocycles. The van der Waals surface area contributed by atoms with Crippen molar-refractivity contribution in [3.63, 3.8) is 0 Å². The van der Waals surface area contributed by atoms with Crippen molar-refractivity contribution in [2.45, 2.75) is 166 Å². The zero-order valence-corrected chi connectivity index (χ0v) is 35.4. The average molecular weight is 771 g/mol. The van der Waals surface area contributed by atoms with Gasteiger partial charge in [0.2, 0.25) is 0 Å². The van der Waals surface area contributed by atoms with Crippen LogP contribution in [-0.2, 0) is 5.41 Å². The summed E-state index contributed by atoms with van der Waals surface area (Å²) in [6, 6.07) is 32.9. The van der Waals surface area contributed by atoms with Crippen molar-refractivity contribution in [1.82, 2.24) is 0 Å². The summed E-state index contributed by atoms with van der Waals surface area (Å²) in [5.41, 5.74) is 16.0. The van der Waals surface area contributed by atoms with Crippen LogP contribution in [0.1, 0.15) is 172 Å². The lowest BCUT2D eigenvalue weighted by Gasteiger charge is -2.42. The number of anilines is 2. The molecule has 2 aliphatic carbocycles. The Hall–Kier alpha value is -3.92. The van der Waals surface area contributed by atoms with Gasteiger partial charge in [0, 0.05) is 16.8 Å². The van der Waals surface area contributed by atoms with Gasteiger partial charge in [-0.25, -0.2) is 0 Å². The van der Waals surface area contributed by atoms with E-state index in [9.17, 15) is 0 Å². The molecule has 2 fully saturated rings. The quantitative estimate of drug-likeness (QED) is 0.0582. The predicted octanol–water partition coefficient (Wildman–Crippen LogP) is 16.0. The van der Waals surface area contributed by atoms with Crippen molar-refractivity contribution in [3.8, 4) is 23.0 Å². The van der Waals surface area contributed by atoms with Gasteiger partial charge < -0.3 is 20.9 Å². The molecule has 4 heteroatoms. The van der Waals surface area contributed by atoms with Gasteiger partial charge in [-0.15, -0.1) is 0 Å². The van der Waals surface area contributed by atoms with E-state index >= 15 is 0 Å². The van der Waals surface area contributed by atoms with Crippen LogP contribution in [0.5, 0.6) is 23.0 Å². The van der Waals surface area contributed by atoms with Gasteiger partial charge in [0.15, 0.2) is 0 Å². The van der Waals surface area contributed by atoms with Crippen LogP contribution in [0.15, 0.2) is 97.1 Å². The Bertz CT molecular complexity index is 1570. The third-order valence-electron chi connectivity index (χ3n) is 13.7. The Labute approximate surface area is 346 Å². The van der Waals surface area contributed by atoms with Crippen molar-refractivity contribution in [3.05, 3.63) is 108 Å². The highest BCUT2D eigenvalue weighted by Crippen LogP contribution is 2.49. The van der Waals surface area contributed by atoms with Crippen molar-refractivity contribution in [2.75, 3.05) is 11.5 Å². The van der Waals surface area contributed by atoms with Crippen LogP contribution in [-0.4, -0.2) is 0 Å². The number of nitrogens with two attached hydrogens (primary N) is 2. The van der Waals surface area contributed by atoms with E-state index in [1.807, 2.05) is 48.5 Å². The Morgan fingerprint density at radius 2 is 0.719 bits per heavy atom. The van der Waals surface area contributed by atoms with Gasteiger partial charge in [0.1, 0.15) is 23.0 Å². The van der Waals surface area contributed by atoms with Gasteiger partial charge in [0.05, 0.1) is 0 Å². The number of rotatable bonds is 23. The molecule has 0 bridgehead atoms. The fraction of sp³-hybridized carbons (Fsp3) is 0.547. The Kier molecular flexibility index (Phi) is 17.1. The van der Waals surface area contributed by atoms with E-state index in [1.54, 1.807) is 0 Å². The molecule has 0 aromatic heterocycles. The molecule has 4 aromatic carbocycles. The number of hydrogen-bond donors (Lipinski definition) is 2. The third kappa shape index (κ3) is 13.6. The largest absolute Gasteiger partial charge is 0.457 e. The van der Waals surface area contributed by atoms with Crippen LogP contribution in [0, 0.1) is 17.8 Å². The molecular formula is C53H74N2O2. The summed E-state index contributed by atoms with van der Waals surface area (Å²) in [5.74, 6) is 6.05. The lowest BCUT2D eigenvalue weighted by molar-refractivity contribution is 0.208. The van der Waals surface area contributed by atoms with Gasteiger partial charge in [-0.05, 0) is 127 Å². The maximum Gasteiger partial charge on any atom is 0.127 e. The maximum atomic E-state index is 6.18. The lowest BCUT2D eigenvalue weighted by Crippen LogP contribution is -2.33. The van der Waals surface area contributed by atoms with Crippen molar-refractivity contribution in [2.24, 2.45) is 17.8 Å². The van der Waals surface area contributed by atoms with E-state index in [1.165, 1.54) is 165 Å². The first-order valence-electron chi connectivity index (χ1n) is 23.3. The Balaban J connectivity index is 0.941. The van der Waals surface area contributed by atoms with Crippen LogP contribution in [0.25, 0.3) is 0 Å². The normalized spacial score (nSPS) is 18.3. The summed E-state index contributed by atoms with van der Waals surface area (Å²) in [4.78, 5) is 0. The molecule has 4 aromatic rings. The summed E-state index contributed by atoms with van der Waals surface area (Å²) in [7, 11) is 0. The van der Waals surface area contributed by atoms with Crippen LogP contribution in [0.4, 0.5) is 11.4 Å².